The first-order chi connectivity index (χ1) is 13.0. The van der Waals surface area contributed by atoms with Crippen LogP contribution < -0.4 is 16.4 Å². The number of hydrogen-bond donors (Lipinski definition) is 2. The van der Waals surface area contributed by atoms with Gasteiger partial charge >= 0.3 is 5.97 Å². The molecule has 1 aliphatic rings. The molecule has 1 aromatic carbocycles. The van der Waals surface area contributed by atoms with Crippen LogP contribution in [0.2, 0.25) is 0 Å². The Kier molecular flexibility index (Phi) is 5.78. The maximum atomic E-state index is 11.8. The van der Waals surface area contributed by atoms with Crippen molar-refractivity contribution in [1.29, 1.82) is 0 Å². The van der Waals surface area contributed by atoms with Gasteiger partial charge in [0, 0.05) is 24.3 Å². The van der Waals surface area contributed by atoms with E-state index in [9.17, 15) is 4.79 Å². The second-order valence-electron chi connectivity index (χ2n) is 6.70. The molecule has 2 aromatic rings. The van der Waals surface area contributed by atoms with Gasteiger partial charge in [-0.2, -0.15) is 4.98 Å². The molecule has 1 aromatic heterocycles. The first-order valence-electron chi connectivity index (χ1n) is 9.47. The van der Waals surface area contributed by atoms with Gasteiger partial charge in [-0.1, -0.05) is 0 Å². The molecule has 0 spiro atoms. The third kappa shape index (κ3) is 4.13. The Morgan fingerprint density at radius 1 is 1.22 bits per heavy atom. The minimum atomic E-state index is -0.288. The fourth-order valence-corrected chi connectivity index (χ4v) is 3.74. The van der Waals surface area contributed by atoms with Crippen molar-refractivity contribution in [3.63, 3.8) is 0 Å². The van der Waals surface area contributed by atoms with Crippen LogP contribution in [0.15, 0.2) is 24.3 Å². The molecule has 4 N–H and O–H groups in total. The average Bonchev–Trinajstić information content (AvgIpc) is 3.06. The van der Waals surface area contributed by atoms with E-state index < -0.39 is 0 Å². The summed E-state index contributed by atoms with van der Waals surface area (Å²) < 4.78 is 5.04. The van der Waals surface area contributed by atoms with Gasteiger partial charge in [0.2, 0.25) is 5.95 Å². The van der Waals surface area contributed by atoms with Crippen LogP contribution in [0.4, 0.5) is 17.5 Å². The molecule has 1 heterocycles. The van der Waals surface area contributed by atoms with E-state index in [1.807, 2.05) is 24.3 Å². The number of nitrogens with two attached hydrogens (primary N) is 2. The summed E-state index contributed by atoms with van der Waals surface area (Å²) in [6.07, 6.45) is 2.90. The number of fused-ring (bicyclic) bond motifs is 1. The molecule has 0 fully saturated rings. The summed E-state index contributed by atoms with van der Waals surface area (Å²) in [5.41, 5.74) is 15.5. The normalized spacial score (nSPS) is 15.4. The maximum Gasteiger partial charge on any atom is 0.338 e. The monoisotopic (exact) mass is 369 g/mol. The van der Waals surface area contributed by atoms with Crippen LogP contribution in [0, 0.1) is 0 Å². The smallest absolute Gasteiger partial charge is 0.338 e. The highest BCUT2D eigenvalue weighted by Crippen LogP contribution is 2.38. The Hall–Kier alpha value is -2.83. The minimum absolute atomic E-state index is 0.253. The van der Waals surface area contributed by atoms with Gasteiger partial charge in [0.25, 0.3) is 0 Å². The van der Waals surface area contributed by atoms with Crippen molar-refractivity contribution in [3.05, 3.63) is 41.1 Å². The number of nitrogen functional groups attached to an aromatic ring is 2. The molecule has 1 unspecified atom stereocenters. The number of hydrogen-bond acceptors (Lipinski definition) is 7. The van der Waals surface area contributed by atoms with E-state index >= 15 is 0 Å². The number of anilines is 3. The minimum Gasteiger partial charge on any atom is -0.462 e. The molecule has 0 radical (unpaired) electrons. The highest BCUT2D eigenvalue weighted by molar-refractivity contribution is 5.89. The van der Waals surface area contributed by atoms with E-state index in [0.29, 0.717) is 23.9 Å². The Bertz CT molecular complexity index is 807. The van der Waals surface area contributed by atoms with Crippen molar-refractivity contribution in [3.8, 4) is 0 Å². The molecule has 7 heteroatoms. The lowest BCUT2D eigenvalue weighted by Crippen LogP contribution is -2.25. The lowest BCUT2D eigenvalue weighted by Gasteiger charge is -2.25. The Morgan fingerprint density at radius 2 is 1.96 bits per heavy atom. The molecule has 27 heavy (non-hydrogen) atoms. The van der Waals surface area contributed by atoms with Crippen molar-refractivity contribution in [2.24, 2.45) is 0 Å². The fraction of sp³-hybridized carbons (Fsp3) is 0.450. The standard InChI is InChI=1S/C20H27N5O2/c1-3-25(15-8-5-14(6-9-15)19(26)27-4-2)12-11-13-7-10-16-17(13)18(21)24-20(22)23-16/h5-6,8-9,13H,3-4,7,10-12H2,1-2H3,(H4,21,22,23,24). The summed E-state index contributed by atoms with van der Waals surface area (Å²) >= 11 is 0. The average molecular weight is 369 g/mol. The number of ether oxygens (including phenoxy) is 1. The van der Waals surface area contributed by atoms with Crippen LogP contribution in [-0.2, 0) is 11.2 Å². The number of aryl methyl sites for hydroxylation is 1. The van der Waals surface area contributed by atoms with Gasteiger partial charge in [-0.3, -0.25) is 0 Å². The first kappa shape index (κ1) is 18.9. The summed E-state index contributed by atoms with van der Waals surface area (Å²) in [5.74, 6) is 0.837. The van der Waals surface area contributed by atoms with Crippen LogP contribution in [0.25, 0.3) is 0 Å². The van der Waals surface area contributed by atoms with Gasteiger partial charge in [0.1, 0.15) is 5.82 Å². The van der Waals surface area contributed by atoms with Crippen molar-refractivity contribution < 1.29 is 9.53 Å². The summed E-state index contributed by atoms with van der Waals surface area (Å²) in [7, 11) is 0. The van der Waals surface area contributed by atoms with E-state index in [1.54, 1.807) is 6.92 Å². The molecular weight excluding hydrogens is 342 g/mol. The lowest BCUT2D eigenvalue weighted by atomic mass is 9.98. The molecule has 0 saturated heterocycles. The number of carbonyl (C=O) groups is 1. The zero-order valence-corrected chi connectivity index (χ0v) is 15.9. The van der Waals surface area contributed by atoms with Gasteiger partial charge < -0.3 is 21.1 Å². The highest BCUT2D eigenvalue weighted by Gasteiger charge is 2.27. The molecule has 0 amide bonds. The van der Waals surface area contributed by atoms with Crippen LogP contribution in [0.1, 0.15) is 54.2 Å². The maximum absolute atomic E-state index is 11.8. The molecule has 3 rings (SSSR count). The van der Waals surface area contributed by atoms with Crippen molar-refractivity contribution in [2.75, 3.05) is 36.1 Å². The quantitative estimate of drug-likeness (QED) is 0.723. The first-order valence-corrected chi connectivity index (χ1v) is 9.47. The SMILES string of the molecule is CCOC(=O)c1ccc(N(CC)CCC2CCc3nc(N)nc(N)c32)cc1. The summed E-state index contributed by atoms with van der Waals surface area (Å²) in [5, 5.41) is 0. The number of carbonyl (C=O) groups excluding carboxylic acids is 1. The molecule has 0 saturated carbocycles. The number of benzene rings is 1. The van der Waals surface area contributed by atoms with E-state index in [-0.39, 0.29) is 11.9 Å². The van der Waals surface area contributed by atoms with E-state index in [1.165, 1.54) is 0 Å². The third-order valence-electron chi connectivity index (χ3n) is 5.08. The summed E-state index contributed by atoms with van der Waals surface area (Å²) in [6, 6.07) is 7.57. The Morgan fingerprint density at radius 3 is 2.63 bits per heavy atom. The zero-order chi connectivity index (χ0) is 19.4. The number of aromatic nitrogens is 2. The molecule has 144 valence electrons. The third-order valence-corrected chi connectivity index (χ3v) is 5.08. The van der Waals surface area contributed by atoms with Crippen LogP contribution in [0.5, 0.6) is 0 Å². The number of rotatable bonds is 7. The van der Waals surface area contributed by atoms with Crippen molar-refractivity contribution in [2.45, 2.75) is 39.0 Å². The number of esters is 1. The Balaban J connectivity index is 1.66. The molecule has 0 bridgehead atoms. The fourth-order valence-electron chi connectivity index (χ4n) is 3.74. The lowest BCUT2D eigenvalue weighted by molar-refractivity contribution is 0.0526. The van der Waals surface area contributed by atoms with Crippen LogP contribution >= 0.6 is 0 Å². The van der Waals surface area contributed by atoms with E-state index in [4.69, 9.17) is 16.2 Å². The van der Waals surface area contributed by atoms with Gasteiger partial charge in [-0.25, -0.2) is 9.78 Å². The van der Waals surface area contributed by atoms with Crippen molar-refractivity contribution >= 4 is 23.4 Å². The second-order valence-corrected chi connectivity index (χ2v) is 6.70. The Labute approximate surface area is 159 Å². The van der Waals surface area contributed by atoms with Gasteiger partial charge in [-0.05, 0) is 63.3 Å². The van der Waals surface area contributed by atoms with Crippen LogP contribution in [-0.4, -0.2) is 35.6 Å². The predicted molar refractivity (Wildman–Crippen MR) is 107 cm³/mol. The van der Waals surface area contributed by atoms with Crippen LogP contribution in [0.3, 0.4) is 0 Å². The largest absolute Gasteiger partial charge is 0.462 e. The van der Waals surface area contributed by atoms with Gasteiger partial charge in [0.15, 0.2) is 0 Å². The van der Waals surface area contributed by atoms with Gasteiger partial charge in [0.05, 0.1) is 17.9 Å². The summed E-state index contributed by atoms with van der Waals surface area (Å²) in [4.78, 5) is 22.6. The predicted octanol–water partition coefficient (Wildman–Crippen LogP) is 2.76. The molecule has 1 aliphatic carbocycles. The topological polar surface area (TPSA) is 107 Å². The van der Waals surface area contributed by atoms with E-state index in [0.717, 1.165) is 49.3 Å². The summed E-state index contributed by atoms with van der Waals surface area (Å²) in [6.45, 7) is 6.08. The molecule has 0 aliphatic heterocycles. The highest BCUT2D eigenvalue weighted by atomic mass is 16.5. The molecule has 7 nitrogen and oxygen atoms in total. The molecule has 1 atom stereocenters. The zero-order valence-electron chi connectivity index (χ0n) is 15.9. The molecular formula is C20H27N5O2. The second kappa shape index (κ2) is 8.24. The van der Waals surface area contributed by atoms with Crippen molar-refractivity contribution in [1.82, 2.24) is 9.97 Å². The number of nitrogens with zero attached hydrogens (tertiary/aromatic N) is 3. The van der Waals surface area contributed by atoms with E-state index in [2.05, 4.69) is 21.8 Å². The van der Waals surface area contributed by atoms with Gasteiger partial charge in [-0.15, -0.1) is 0 Å².